The van der Waals surface area contributed by atoms with E-state index in [2.05, 4.69) is 5.32 Å². The number of nitrogens with zero attached hydrogens (tertiary/aromatic N) is 2. The van der Waals surface area contributed by atoms with Gasteiger partial charge in [-0.25, -0.2) is 12.8 Å². The number of benzene rings is 2. The molecule has 4 rings (SSSR count). The lowest BCUT2D eigenvalue weighted by Crippen LogP contribution is -2.43. The Morgan fingerprint density at radius 2 is 1.70 bits per heavy atom. The first-order chi connectivity index (χ1) is 15.8. The van der Waals surface area contributed by atoms with Crippen molar-refractivity contribution >= 4 is 27.5 Å². The molecule has 2 aromatic rings. The van der Waals surface area contributed by atoms with Crippen LogP contribution in [0.2, 0.25) is 0 Å². The molecule has 0 radical (unpaired) electrons. The molecule has 0 bridgehead atoms. The number of sulfonamides is 1. The number of piperidine rings is 1. The number of nitrogens with one attached hydrogen (secondary N) is 1. The number of halogens is 1. The minimum atomic E-state index is -3.82. The van der Waals surface area contributed by atoms with Crippen LogP contribution in [0.25, 0.3) is 0 Å². The summed E-state index contributed by atoms with van der Waals surface area (Å²) in [7, 11) is -3.82. The van der Waals surface area contributed by atoms with E-state index < -0.39 is 21.8 Å². The van der Waals surface area contributed by atoms with E-state index in [1.807, 2.05) is 11.8 Å². The maximum atomic E-state index is 13.2. The third-order valence-electron chi connectivity index (χ3n) is 6.42. The van der Waals surface area contributed by atoms with Gasteiger partial charge in [-0.05, 0) is 74.6 Å². The van der Waals surface area contributed by atoms with E-state index in [0.717, 1.165) is 38.1 Å². The summed E-state index contributed by atoms with van der Waals surface area (Å²) in [5, 5.41) is 2.90. The molecular formula is C24H28FN3O4S. The second-order valence-corrected chi connectivity index (χ2v) is 10.6. The number of carbonyl (C=O) groups excluding carboxylic acids is 2. The van der Waals surface area contributed by atoms with Gasteiger partial charge in [0.1, 0.15) is 5.82 Å². The Bertz CT molecular complexity index is 1140. The van der Waals surface area contributed by atoms with Crippen LogP contribution in [0.3, 0.4) is 0 Å². The second kappa shape index (κ2) is 9.61. The van der Waals surface area contributed by atoms with Crippen LogP contribution >= 0.6 is 0 Å². The number of hydrogen-bond acceptors (Lipinski definition) is 4. The number of rotatable bonds is 5. The normalized spacial score (nSPS) is 19.5. The number of carbonyl (C=O) groups is 2. The van der Waals surface area contributed by atoms with Crippen LogP contribution in [0, 0.1) is 18.7 Å². The summed E-state index contributed by atoms with van der Waals surface area (Å²) in [5.74, 6) is -1.34. The number of hydrogen-bond donors (Lipinski definition) is 1. The lowest BCUT2D eigenvalue weighted by Gasteiger charge is -2.31. The van der Waals surface area contributed by atoms with E-state index in [9.17, 15) is 22.4 Å². The molecule has 2 fully saturated rings. The molecule has 0 aromatic heterocycles. The van der Waals surface area contributed by atoms with E-state index >= 15 is 0 Å². The van der Waals surface area contributed by atoms with Gasteiger partial charge in [-0.1, -0.05) is 6.07 Å². The zero-order valence-corrected chi connectivity index (χ0v) is 19.4. The van der Waals surface area contributed by atoms with Gasteiger partial charge in [0.2, 0.25) is 15.9 Å². The zero-order chi connectivity index (χ0) is 23.6. The smallest absolute Gasteiger partial charge is 0.254 e. The monoisotopic (exact) mass is 473 g/mol. The van der Waals surface area contributed by atoms with Crippen molar-refractivity contribution in [3.8, 4) is 0 Å². The van der Waals surface area contributed by atoms with Crippen molar-refractivity contribution in [2.75, 3.05) is 31.5 Å². The number of likely N-dealkylation sites (tertiary alicyclic amines) is 1. The lowest BCUT2D eigenvalue weighted by molar-refractivity contribution is -0.120. The van der Waals surface area contributed by atoms with Crippen molar-refractivity contribution in [3.05, 3.63) is 59.4 Å². The maximum Gasteiger partial charge on any atom is 0.254 e. The highest BCUT2D eigenvalue weighted by Crippen LogP contribution is 2.27. The molecule has 2 aliphatic heterocycles. The summed E-state index contributed by atoms with van der Waals surface area (Å²) in [6.07, 6.45) is 3.11. The van der Waals surface area contributed by atoms with E-state index in [4.69, 9.17) is 0 Å². The highest BCUT2D eigenvalue weighted by atomic mass is 32.2. The fourth-order valence-electron chi connectivity index (χ4n) is 4.46. The summed E-state index contributed by atoms with van der Waals surface area (Å²) >= 11 is 0. The van der Waals surface area contributed by atoms with Gasteiger partial charge in [-0.2, -0.15) is 4.31 Å². The van der Waals surface area contributed by atoms with Crippen LogP contribution in [0.4, 0.5) is 10.1 Å². The van der Waals surface area contributed by atoms with Gasteiger partial charge >= 0.3 is 0 Å². The van der Waals surface area contributed by atoms with Crippen molar-refractivity contribution < 1.29 is 22.4 Å². The number of amides is 2. The Morgan fingerprint density at radius 3 is 2.39 bits per heavy atom. The van der Waals surface area contributed by atoms with Crippen LogP contribution in [0.1, 0.15) is 41.6 Å². The molecule has 9 heteroatoms. The van der Waals surface area contributed by atoms with Gasteiger partial charge in [-0.3, -0.25) is 9.59 Å². The lowest BCUT2D eigenvalue weighted by atomic mass is 9.98. The van der Waals surface area contributed by atoms with Crippen molar-refractivity contribution in [3.63, 3.8) is 0 Å². The second-order valence-electron chi connectivity index (χ2n) is 8.62. The van der Waals surface area contributed by atoms with Gasteiger partial charge in [0.15, 0.2) is 0 Å². The fraction of sp³-hybridized carbons (Fsp3) is 0.417. The average Bonchev–Trinajstić information content (AvgIpc) is 3.35. The molecular weight excluding hydrogens is 445 g/mol. The first kappa shape index (κ1) is 23.4. The number of anilines is 1. The van der Waals surface area contributed by atoms with E-state index in [0.29, 0.717) is 36.2 Å². The van der Waals surface area contributed by atoms with Gasteiger partial charge < -0.3 is 10.2 Å². The van der Waals surface area contributed by atoms with Crippen molar-refractivity contribution in [2.45, 2.75) is 37.5 Å². The highest BCUT2D eigenvalue weighted by molar-refractivity contribution is 7.89. The Kier molecular flexibility index (Phi) is 6.81. The molecule has 2 saturated heterocycles. The minimum absolute atomic E-state index is 0.00827. The molecule has 0 saturated carbocycles. The van der Waals surface area contributed by atoms with Crippen molar-refractivity contribution in [1.29, 1.82) is 0 Å². The largest absolute Gasteiger partial charge is 0.339 e. The minimum Gasteiger partial charge on any atom is -0.339 e. The Hall–Kier alpha value is -2.78. The van der Waals surface area contributed by atoms with Crippen molar-refractivity contribution in [2.24, 2.45) is 5.92 Å². The summed E-state index contributed by atoms with van der Waals surface area (Å²) in [6, 6.07) is 9.97. The highest BCUT2D eigenvalue weighted by Gasteiger charge is 2.33. The Balaban J connectivity index is 1.47. The zero-order valence-electron chi connectivity index (χ0n) is 18.6. The molecule has 176 valence electrons. The molecule has 0 aliphatic carbocycles. The predicted octanol–water partition coefficient (Wildman–Crippen LogP) is 3.41. The molecule has 0 spiro atoms. The first-order valence-corrected chi connectivity index (χ1v) is 12.7. The fourth-order valence-corrected chi connectivity index (χ4v) is 5.98. The quantitative estimate of drug-likeness (QED) is 0.721. The molecule has 2 aromatic carbocycles. The van der Waals surface area contributed by atoms with Crippen LogP contribution < -0.4 is 5.32 Å². The molecule has 1 unspecified atom stereocenters. The van der Waals surface area contributed by atoms with Crippen molar-refractivity contribution in [1.82, 2.24) is 9.21 Å². The van der Waals surface area contributed by atoms with Crippen LogP contribution in [-0.4, -0.2) is 55.6 Å². The Labute approximate surface area is 193 Å². The first-order valence-electron chi connectivity index (χ1n) is 11.2. The third kappa shape index (κ3) is 4.94. The third-order valence-corrected chi connectivity index (χ3v) is 8.30. The summed E-state index contributed by atoms with van der Waals surface area (Å²) < 4.78 is 40.4. The predicted molar refractivity (Wildman–Crippen MR) is 123 cm³/mol. The van der Waals surface area contributed by atoms with Crippen LogP contribution in [-0.2, 0) is 14.8 Å². The Morgan fingerprint density at radius 1 is 1.00 bits per heavy atom. The molecule has 33 heavy (non-hydrogen) atoms. The van der Waals surface area contributed by atoms with Crippen LogP contribution in [0.15, 0.2) is 47.4 Å². The van der Waals surface area contributed by atoms with Gasteiger partial charge in [-0.15, -0.1) is 0 Å². The SMILES string of the molecule is Cc1c(NC(=O)C2CCCN(S(=O)(=O)c3ccc(F)cc3)C2)cccc1C(=O)N1CCCC1. The molecule has 2 amide bonds. The molecule has 1 atom stereocenters. The van der Waals surface area contributed by atoms with E-state index in [1.165, 1.54) is 16.4 Å². The summed E-state index contributed by atoms with van der Waals surface area (Å²) in [4.78, 5) is 27.7. The average molecular weight is 474 g/mol. The summed E-state index contributed by atoms with van der Waals surface area (Å²) in [5.41, 5.74) is 1.83. The molecule has 2 heterocycles. The molecule has 7 nitrogen and oxygen atoms in total. The standard InChI is InChI=1S/C24H28FN3O4S/c1-17-21(24(30)27-13-2-3-14-27)7-4-8-22(17)26-23(29)18-6-5-15-28(16-18)33(31,32)20-11-9-19(25)10-12-20/h4,7-12,18H,2-3,5-6,13-16H2,1H3,(H,26,29). The summed E-state index contributed by atoms with van der Waals surface area (Å²) in [6.45, 7) is 3.66. The van der Waals surface area contributed by atoms with E-state index in [1.54, 1.807) is 18.2 Å². The van der Waals surface area contributed by atoms with Gasteiger partial charge in [0.25, 0.3) is 5.91 Å². The molecule has 2 aliphatic rings. The van der Waals surface area contributed by atoms with E-state index in [-0.39, 0.29) is 23.3 Å². The maximum absolute atomic E-state index is 13.2. The van der Waals surface area contributed by atoms with Gasteiger partial charge in [0.05, 0.1) is 10.8 Å². The molecule has 1 N–H and O–H groups in total. The van der Waals surface area contributed by atoms with Crippen LogP contribution in [0.5, 0.6) is 0 Å². The van der Waals surface area contributed by atoms with Gasteiger partial charge in [0, 0.05) is 37.4 Å². The topological polar surface area (TPSA) is 86.8 Å².